The highest BCUT2D eigenvalue weighted by atomic mass is 35.5. The largest absolute Gasteiger partial charge is 0.465 e. The van der Waals surface area contributed by atoms with Crippen LogP contribution in [-0.4, -0.2) is 59.8 Å². The Morgan fingerprint density at radius 1 is 1.55 bits per heavy atom. The zero-order valence-electron chi connectivity index (χ0n) is 12.9. The Kier molecular flexibility index (Phi) is 7.34. The van der Waals surface area contributed by atoms with Crippen molar-refractivity contribution in [1.29, 1.82) is 0 Å². The van der Waals surface area contributed by atoms with Crippen LogP contribution >= 0.6 is 12.4 Å². The van der Waals surface area contributed by atoms with Gasteiger partial charge in [0.25, 0.3) is 5.91 Å². The van der Waals surface area contributed by atoms with E-state index in [0.717, 1.165) is 25.9 Å². The van der Waals surface area contributed by atoms with Gasteiger partial charge in [-0.15, -0.1) is 12.4 Å². The smallest absolute Gasteiger partial charge is 0.325 e. The molecule has 1 unspecified atom stereocenters. The fourth-order valence-corrected chi connectivity index (χ4v) is 2.38. The van der Waals surface area contributed by atoms with Crippen LogP contribution in [0, 0.1) is 0 Å². The highest BCUT2D eigenvalue weighted by molar-refractivity contribution is 5.94. The Balaban J connectivity index is 0.00000242. The van der Waals surface area contributed by atoms with Crippen LogP contribution in [0.1, 0.15) is 36.3 Å². The van der Waals surface area contributed by atoms with Crippen LogP contribution in [0.2, 0.25) is 0 Å². The van der Waals surface area contributed by atoms with Gasteiger partial charge in [0.1, 0.15) is 12.2 Å². The Morgan fingerprint density at radius 3 is 2.95 bits per heavy atom. The molecule has 1 saturated heterocycles. The molecule has 0 aliphatic carbocycles. The number of halogens is 1. The second-order valence-electron chi connectivity index (χ2n) is 5.15. The fraction of sp³-hybridized carbons (Fsp3) is 0.643. The standard InChI is InChI=1S/C14H22N4O3.ClH/c1-3-21-13(19)10-17(2)14(20)12-6-8-18(16-12)11-5-4-7-15-9-11;/h6,8,11,15H,3-5,7,9-10H2,1-2H3;1H. The Hall–Kier alpha value is -1.60. The maximum atomic E-state index is 12.2. The fourth-order valence-electron chi connectivity index (χ4n) is 2.38. The molecular formula is C14H23ClN4O3. The maximum absolute atomic E-state index is 12.2. The minimum atomic E-state index is -0.413. The molecule has 1 N–H and O–H groups in total. The lowest BCUT2D eigenvalue weighted by molar-refractivity contribution is -0.143. The summed E-state index contributed by atoms with van der Waals surface area (Å²) in [6, 6.07) is 1.98. The van der Waals surface area contributed by atoms with E-state index >= 15 is 0 Å². The molecule has 1 aliphatic heterocycles. The molecule has 1 fully saturated rings. The number of carbonyl (C=O) groups excluding carboxylic acids is 2. The van der Waals surface area contributed by atoms with Crippen LogP contribution in [0.15, 0.2) is 12.3 Å². The van der Waals surface area contributed by atoms with E-state index in [1.807, 2.05) is 10.9 Å². The number of aromatic nitrogens is 2. The number of carbonyl (C=O) groups is 2. The van der Waals surface area contributed by atoms with Crippen molar-refractivity contribution in [2.24, 2.45) is 0 Å². The van der Waals surface area contributed by atoms with Gasteiger partial charge in [0.15, 0.2) is 0 Å². The lowest BCUT2D eigenvalue weighted by atomic mass is 10.1. The van der Waals surface area contributed by atoms with E-state index in [2.05, 4.69) is 10.4 Å². The predicted molar refractivity (Wildman–Crippen MR) is 84.2 cm³/mol. The lowest BCUT2D eigenvalue weighted by Gasteiger charge is -2.23. The normalized spacial score (nSPS) is 17.5. The summed E-state index contributed by atoms with van der Waals surface area (Å²) in [5.41, 5.74) is 0.354. The Bertz CT molecular complexity index is 500. The number of ether oxygens (including phenoxy) is 1. The average Bonchev–Trinajstić information content (AvgIpc) is 2.97. The molecule has 0 saturated carbocycles. The van der Waals surface area contributed by atoms with Gasteiger partial charge in [-0.1, -0.05) is 0 Å². The Morgan fingerprint density at radius 2 is 2.32 bits per heavy atom. The predicted octanol–water partition coefficient (Wildman–Crippen LogP) is 0.865. The van der Waals surface area contributed by atoms with Gasteiger partial charge in [0, 0.05) is 19.8 Å². The number of likely N-dealkylation sites (N-methyl/N-ethyl adjacent to an activating group) is 1. The summed E-state index contributed by atoms with van der Waals surface area (Å²) in [7, 11) is 1.57. The van der Waals surface area contributed by atoms with Crippen molar-refractivity contribution < 1.29 is 14.3 Å². The van der Waals surface area contributed by atoms with Gasteiger partial charge in [-0.25, -0.2) is 0 Å². The molecule has 0 radical (unpaired) electrons. The number of hydrogen-bond acceptors (Lipinski definition) is 5. The minimum Gasteiger partial charge on any atom is -0.465 e. The highest BCUT2D eigenvalue weighted by Crippen LogP contribution is 2.16. The summed E-state index contributed by atoms with van der Waals surface area (Å²) in [5, 5.41) is 7.66. The number of nitrogens with zero attached hydrogens (tertiary/aromatic N) is 3. The summed E-state index contributed by atoms with van der Waals surface area (Å²) in [6.07, 6.45) is 3.99. The third-order valence-corrected chi connectivity index (χ3v) is 3.49. The Labute approximate surface area is 136 Å². The van der Waals surface area contributed by atoms with E-state index in [9.17, 15) is 9.59 Å². The quantitative estimate of drug-likeness (QED) is 0.810. The van der Waals surface area contributed by atoms with Gasteiger partial charge < -0.3 is 15.0 Å². The molecular weight excluding hydrogens is 308 g/mol. The van der Waals surface area contributed by atoms with E-state index in [0.29, 0.717) is 12.3 Å². The average molecular weight is 331 g/mol. The van der Waals surface area contributed by atoms with E-state index < -0.39 is 5.97 Å². The van der Waals surface area contributed by atoms with E-state index in [1.165, 1.54) is 4.90 Å². The van der Waals surface area contributed by atoms with Crippen molar-refractivity contribution in [3.05, 3.63) is 18.0 Å². The van der Waals surface area contributed by atoms with Crippen molar-refractivity contribution >= 4 is 24.3 Å². The third-order valence-electron chi connectivity index (χ3n) is 3.49. The summed E-state index contributed by atoms with van der Waals surface area (Å²) >= 11 is 0. The van der Waals surface area contributed by atoms with Gasteiger partial charge in [0.2, 0.25) is 0 Å². The zero-order valence-corrected chi connectivity index (χ0v) is 13.8. The summed E-state index contributed by atoms with van der Waals surface area (Å²) in [6.45, 7) is 3.88. The first-order valence-corrected chi connectivity index (χ1v) is 7.28. The first-order chi connectivity index (χ1) is 10.1. The molecule has 2 heterocycles. The summed E-state index contributed by atoms with van der Waals surface area (Å²) in [4.78, 5) is 24.9. The number of piperidine rings is 1. The third kappa shape index (κ3) is 4.71. The van der Waals surface area contributed by atoms with E-state index in [-0.39, 0.29) is 30.9 Å². The second-order valence-corrected chi connectivity index (χ2v) is 5.15. The van der Waals surface area contributed by atoms with Gasteiger partial charge in [-0.3, -0.25) is 14.3 Å². The minimum absolute atomic E-state index is 0. The van der Waals surface area contributed by atoms with Crippen molar-refractivity contribution in [2.45, 2.75) is 25.8 Å². The van der Waals surface area contributed by atoms with E-state index in [4.69, 9.17) is 4.74 Å². The van der Waals surface area contributed by atoms with Crippen LogP contribution < -0.4 is 5.32 Å². The van der Waals surface area contributed by atoms with Crippen LogP contribution in [0.4, 0.5) is 0 Å². The molecule has 1 aliphatic rings. The van der Waals surface area contributed by atoms with Gasteiger partial charge in [-0.05, 0) is 32.4 Å². The SMILES string of the molecule is CCOC(=O)CN(C)C(=O)c1ccn(C2CCCNC2)n1.Cl. The van der Waals surface area contributed by atoms with Crippen LogP contribution in [0.25, 0.3) is 0 Å². The number of hydrogen-bond donors (Lipinski definition) is 1. The molecule has 1 aromatic heterocycles. The van der Waals surface area contributed by atoms with Crippen LogP contribution in [0.3, 0.4) is 0 Å². The highest BCUT2D eigenvalue weighted by Gasteiger charge is 2.20. The van der Waals surface area contributed by atoms with Crippen molar-refractivity contribution in [2.75, 3.05) is 33.3 Å². The number of rotatable bonds is 5. The molecule has 0 spiro atoms. The molecule has 22 heavy (non-hydrogen) atoms. The second kappa shape index (κ2) is 8.75. The van der Waals surface area contributed by atoms with Gasteiger partial charge >= 0.3 is 5.97 Å². The topological polar surface area (TPSA) is 76.5 Å². The number of esters is 1. The summed E-state index contributed by atoms with van der Waals surface area (Å²) < 4.78 is 6.66. The lowest BCUT2D eigenvalue weighted by Crippen LogP contribution is -2.34. The molecule has 0 aromatic carbocycles. The molecule has 1 atom stereocenters. The van der Waals surface area contributed by atoms with Crippen molar-refractivity contribution in [3.8, 4) is 0 Å². The number of nitrogens with one attached hydrogen (secondary N) is 1. The first kappa shape index (κ1) is 18.4. The van der Waals surface area contributed by atoms with Gasteiger partial charge in [0.05, 0.1) is 12.6 Å². The number of amides is 1. The maximum Gasteiger partial charge on any atom is 0.325 e. The molecule has 8 heteroatoms. The molecule has 124 valence electrons. The molecule has 2 rings (SSSR count). The van der Waals surface area contributed by atoms with Crippen molar-refractivity contribution in [3.63, 3.8) is 0 Å². The molecule has 7 nitrogen and oxygen atoms in total. The van der Waals surface area contributed by atoms with Gasteiger partial charge in [-0.2, -0.15) is 5.10 Å². The van der Waals surface area contributed by atoms with E-state index in [1.54, 1.807) is 20.0 Å². The van der Waals surface area contributed by atoms with Crippen LogP contribution in [0.5, 0.6) is 0 Å². The first-order valence-electron chi connectivity index (χ1n) is 7.28. The molecule has 0 bridgehead atoms. The molecule has 1 amide bonds. The zero-order chi connectivity index (χ0) is 15.2. The molecule has 1 aromatic rings. The monoisotopic (exact) mass is 330 g/mol. The summed E-state index contributed by atoms with van der Waals surface area (Å²) in [5.74, 6) is -0.685. The van der Waals surface area contributed by atoms with Crippen molar-refractivity contribution in [1.82, 2.24) is 20.0 Å². The van der Waals surface area contributed by atoms with Crippen LogP contribution in [-0.2, 0) is 9.53 Å².